The molecule has 1 aromatic heterocycles. The lowest BCUT2D eigenvalue weighted by Crippen LogP contribution is -2.33. The molecule has 0 spiro atoms. The Kier molecular flexibility index (Phi) is 5.08. The van der Waals surface area contributed by atoms with E-state index in [4.69, 9.17) is 0 Å². The molecule has 2 heterocycles. The van der Waals surface area contributed by atoms with Gasteiger partial charge in [0.25, 0.3) is 0 Å². The van der Waals surface area contributed by atoms with Crippen molar-refractivity contribution in [3.8, 4) is 11.8 Å². The first-order valence-electron chi connectivity index (χ1n) is 7.22. The highest BCUT2D eigenvalue weighted by Crippen LogP contribution is 2.29. The van der Waals surface area contributed by atoms with E-state index in [1.54, 1.807) is 0 Å². The number of hydrogen-bond donors (Lipinski definition) is 4. The maximum atomic E-state index is 11.5. The number of aliphatic hydroxyl groups excluding tert-OH is 2. The Morgan fingerprint density at radius 1 is 1.24 bits per heavy atom. The van der Waals surface area contributed by atoms with Crippen LogP contribution in [0.3, 0.4) is 0 Å². The molecule has 118 valence electrons. The van der Waals surface area contributed by atoms with Gasteiger partial charge >= 0.3 is 0 Å². The van der Waals surface area contributed by atoms with E-state index >= 15 is 0 Å². The molecule has 1 aromatic rings. The van der Waals surface area contributed by atoms with Crippen molar-refractivity contribution in [2.45, 2.75) is 44.4 Å². The summed E-state index contributed by atoms with van der Waals surface area (Å²) >= 11 is 0. The zero-order valence-corrected chi connectivity index (χ0v) is 11.9. The highest BCUT2D eigenvalue weighted by atomic mass is 16.3. The normalized spacial score (nSPS) is 20.2. The molecule has 2 unspecified atom stereocenters. The van der Waals surface area contributed by atoms with Crippen molar-refractivity contribution < 1.29 is 25.2 Å². The van der Waals surface area contributed by atoms with E-state index in [2.05, 4.69) is 0 Å². The third-order valence-corrected chi connectivity index (χ3v) is 3.93. The van der Waals surface area contributed by atoms with Gasteiger partial charge in [0.2, 0.25) is 5.91 Å². The molecule has 7 nitrogen and oxygen atoms in total. The van der Waals surface area contributed by atoms with Gasteiger partial charge in [0.05, 0.1) is 12.6 Å². The number of aliphatic hydroxyl groups is 2. The second-order valence-corrected chi connectivity index (χ2v) is 5.36. The summed E-state index contributed by atoms with van der Waals surface area (Å²) in [4.78, 5) is 13.0. The van der Waals surface area contributed by atoms with Crippen LogP contribution in [0.25, 0.3) is 0 Å². The Morgan fingerprint density at radius 2 is 1.90 bits per heavy atom. The molecule has 0 bridgehead atoms. The number of carbonyl (C=O) groups is 1. The Labute approximate surface area is 123 Å². The average molecular weight is 298 g/mol. The number of aromatic nitrogens is 1. The number of carbonyl (C=O) groups excluding carboxylic acids is 1. The summed E-state index contributed by atoms with van der Waals surface area (Å²) < 4.78 is 1.29. The summed E-state index contributed by atoms with van der Waals surface area (Å²) in [5, 5.41) is 38.3. The van der Waals surface area contributed by atoms with E-state index in [9.17, 15) is 25.2 Å². The van der Waals surface area contributed by atoms with E-state index in [0.717, 1.165) is 0 Å². The summed E-state index contributed by atoms with van der Waals surface area (Å²) in [6.45, 7) is 0.295. The molecule has 4 N–H and O–H groups in total. The van der Waals surface area contributed by atoms with Gasteiger partial charge < -0.3 is 25.3 Å². The molecule has 2 atom stereocenters. The van der Waals surface area contributed by atoms with Crippen molar-refractivity contribution in [1.82, 2.24) is 9.47 Å². The fourth-order valence-corrected chi connectivity index (χ4v) is 2.76. The molecule has 21 heavy (non-hydrogen) atoms. The fraction of sp³-hybridized carbons (Fsp3) is 0.643. The molecule has 7 heteroatoms. The largest absolute Gasteiger partial charge is 0.494 e. The zero-order valence-electron chi connectivity index (χ0n) is 11.9. The van der Waals surface area contributed by atoms with E-state index in [1.165, 1.54) is 21.6 Å². The Bertz CT molecular complexity index is 468. The molecule has 0 radical (unpaired) electrons. The van der Waals surface area contributed by atoms with Gasteiger partial charge in [-0.1, -0.05) is 0 Å². The summed E-state index contributed by atoms with van der Waals surface area (Å²) in [6.07, 6.45) is 2.17. The molecule has 1 amide bonds. The summed E-state index contributed by atoms with van der Waals surface area (Å²) in [5.74, 6) is -0.199. The van der Waals surface area contributed by atoms with Gasteiger partial charge in [-0.15, -0.1) is 0 Å². The average Bonchev–Trinajstić information content (AvgIpc) is 2.95. The molecule has 1 fully saturated rings. The van der Waals surface area contributed by atoms with Crippen LogP contribution in [-0.4, -0.2) is 55.2 Å². The molecule has 0 aliphatic carbocycles. The van der Waals surface area contributed by atoms with Crippen molar-refractivity contribution in [2.75, 3.05) is 13.2 Å². The molecular formula is C14H22N2O5. The van der Waals surface area contributed by atoms with Gasteiger partial charge in [0, 0.05) is 31.5 Å². The molecular weight excluding hydrogens is 276 g/mol. The Morgan fingerprint density at radius 3 is 2.43 bits per heavy atom. The number of nitrogens with zero attached hydrogens (tertiary/aromatic N) is 2. The smallest absolute Gasteiger partial charge is 0.224 e. The number of likely N-dealkylation sites (tertiary alicyclic amines) is 1. The van der Waals surface area contributed by atoms with Crippen molar-refractivity contribution in [3.05, 3.63) is 12.1 Å². The van der Waals surface area contributed by atoms with E-state index < -0.39 is 12.3 Å². The standard InChI is InChI=1S/C14H22N2O5/c17-9-10(16-13(20)6-7-14(16)21)3-1-2-8-15-11(18)4-5-12(15)19/h6-7,10-11,17-18,20-21H,1-5,8-9H2. The SMILES string of the molecule is O=C1CCC(O)N1CCCCC(CO)n1c(O)ccc1O. The zero-order chi connectivity index (χ0) is 15.4. The maximum absolute atomic E-state index is 11.5. The monoisotopic (exact) mass is 298 g/mol. The van der Waals surface area contributed by atoms with Crippen molar-refractivity contribution in [1.29, 1.82) is 0 Å². The lowest BCUT2D eigenvalue weighted by atomic mass is 10.1. The molecule has 1 saturated heterocycles. The minimum atomic E-state index is -0.677. The number of rotatable bonds is 7. The van der Waals surface area contributed by atoms with Crippen LogP contribution in [0.5, 0.6) is 11.8 Å². The van der Waals surface area contributed by atoms with E-state index in [1.807, 2.05) is 0 Å². The van der Waals surface area contributed by atoms with Crippen LogP contribution in [0.2, 0.25) is 0 Å². The van der Waals surface area contributed by atoms with Crippen LogP contribution in [0.15, 0.2) is 12.1 Å². The first-order chi connectivity index (χ1) is 10.0. The highest BCUT2D eigenvalue weighted by Gasteiger charge is 2.28. The third-order valence-electron chi connectivity index (χ3n) is 3.93. The Balaban J connectivity index is 1.80. The van der Waals surface area contributed by atoms with Gasteiger partial charge in [-0.3, -0.25) is 9.36 Å². The summed E-state index contributed by atoms with van der Waals surface area (Å²) in [5.41, 5.74) is 0. The number of unbranched alkanes of at least 4 members (excludes halogenated alkanes) is 1. The number of aromatic hydroxyl groups is 2. The first-order valence-corrected chi connectivity index (χ1v) is 7.22. The number of amides is 1. The maximum Gasteiger partial charge on any atom is 0.224 e. The van der Waals surface area contributed by atoms with Crippen LogP contribution in [-0.2, 0) is 4.79 Å². The second-order valence-electron chi connectivity index (χ2n) is 5.36. The van der Waals surface area contributed by atoms with Gasteiger partial charge in [-0.05, 0) is 19.3 Å². The van der Waals surface area contributed by atoms with Crippen LogP contribution in [0.4, 0.5) is 0 Å². The van der Waals surface area contributed by atoms with Gasteiger partial charge in [-0.25, -0.2) is 0 Å². The van der Waals surface area contributed by atoms with Crippen LogP contribution >= 0.6 is 0 Å². The minimum absolute atomic E-state index is 0.0260. The van der Waals surface area contributed by atoms with Gasteiger partial charge in [0.1, 0.15) is 6.23 Å². The lowest BCUT2D eigenvalue weighted by molar-refractivity contribution is -0.133. The van der Waals surface area contributed by atoms with Crippen molar-refractivity contribution in [2.24, 2.45) is 0 Å². The summed E-state index contributed by atoms with van der Waals surface area (Å²) in [7, 11) is 0. The minimum Gasteiger partial charge on any atom is -0.494 e. The van der Waals surface area contributed by atoms with Crippen LogP contribution in [0, 0.1) is 0 Å². The Hall–Kier alpha value is -1.73. The molecule has 0 aromatic carbocycles. The molecule has 1 aliphatic heterocycles. The predicted molar refractivity (Wildman–Crippen MR) is 74.7 cm³/mol. The third kappa shape index (κ3) is 3.48. The second kappa shape index (κ2) is 6.82. The quantitative estimate of drug-likeness (QED) is 0.550. The first kappa shape index (κ1) is 15.7. The van der Waals surface area contributed by atoms with Gasteiger partial charge in [-0.2, -0.15) is 0 Å². The predicted octanol–water partition coefficient (Wildman–Crippen LogP) is 0.544. The summed E-state index contributed by atoms with van der Waals surface area (Å²) in [6, 6.07) is 2.34. The van der Waals surface area contributed by atoms with Gasteiger partial charge in [0.15, 0.2) is 11.8 Å². The van der Waals surface area contributed by atoms with E-state index in [-0.39, 0.29) is 24.3 Å². The fourth-order valence-electron chi connectivity index (χ4n) is 2.76. The van der Waals surface area contributed by atoms with Crippen LogP contribution in [0.1, 0.15) is 38.1 Å². The lowest BCUT2D eigenvalue weighted by Gasteiger charge is -2.21. The topological polar surface area (TPSA) is 106 Å². The van der Waals surface area contributed by atoms with E-state index in [0.29, 0.717) is 38.6 Å². The molecule has 1 aliphatic rings. The molecule has 0 saturated carbocycles. The number of hydrogen-bond acceptors (Lipinski definition) is 5. The van der Waals surface area contributed by atoms with Crippen molar-refractivity contribution in [3.63, 3.8) is 0 Å². The van der Waals surface area contributed by atoms with Crippen LogP contribution < -0.4 is 0 Å². The molecule has 2 rings (SSSR count). The van der Waals surface area contributed by atoms with Crippen molar-refractivity contribution >= 4 is 5.91 Å². The highest BCUT2D eigenvalue weighted by molar-refractivity contribution is 5.78.